The van der Waals surface area contributed by atoms with Crippen LogP contribution in [0.5, 0.6) is 0 Å². The molecule has 2 aliphatic carbocycles. The lowest BCUT2D eigenvalue weighted by Gasteiger charge is -2.26. The SMILES string of the molecule is O=C(N[C@@H]1CCCNC1)C(C1CC1)C1CC1. The molecule has 3 heteroatoms. The lowest BCUT2D eigenvalue weighted by molar-refractivity contribution is -0.127. The highest BCUT2D eigenvalue weighted by Crippen LogP contribution is 2.49. The summed E-state index contributed by atoms with van der Waals surface area (Å²) < 4.78 is 0. The van der Waals surface area contributed by atoms with Crippen LogP contribution in [-0.2, 0) is 4.79 Å². The second-order valence-electron chi connectivity index (χ2n) is 5.75. The van der Waals surface area contributed by atoms with Crippen LogP contribution >= 0.6 is 0 Å². The highest BCUT2D eigenvalue weighted by Gasteiger charge is 2.45. The lowest BCUT2D eigenvalue weighted by Crippen LogP contribution is -2.48. The smallest absolute Gasteiger partial charge is 0.223 e. The van der Waals surface area contributed by atoms with E-state index in [0.717, 1.165) is 31.3 Å². The van der Waals surface area contributed by atoms with Gasteiger partial charge in [0, 0.05) is 18.5 Å². The predicted molar refractivity (Wildman–Crippen MR) is 63.0 cm³/mol. The molecule has 0 aromatic heterocycles. The van der Waals surface area contributed by atoms with Gasteiger partial charge < -0.3 is 10.6 Å². The third-order valence-corrected chi connectivity index (χ3v) is 4.21. The van der Waals surface area contributed by atoms with Gasteiger partial charge in [0.05, 0.1) is 0 Å². The molecule has 0 unspecified atom stereocenters. The van der Waals surface area contributed by atoms with E-state index >= 15 is 0 Å². The molecule has 0 bridgehead atoms. The quantitative estimate of drug-likeness (QED) is 0.752. The fraction of sp³-hybridized carbons (Fsp3) is 0.923. The average molecular weight is 222 g/mol. The third-order valence-electron chi connectivity index (χ3n) is 4.21. The number of piperidine rings is 1. The fourth-order valence-electron chi connectivity index (χ4n) is 3.00. The van der Waals surface area contributed by atoms with Crippen molar-refractivity contribution in [3.63, 3.8) is 0 Å². The highest BCUT2D eigenvalue weighted by atomic mass is 16.2. The summed E-state index contributed by atoms with van der Waals surface area (Å²) in [5.74, 6) is 2.17. The van der Waals surface area contributed by atoms with Gasteiger partial charge in [-0.2, -0.15) is 0 Å². The second kappa shape index (κ2) is 4.36. The predicted octanol–water partition coefficient (Wildman–Crippen LogP) is 1.29. The molecule has 90 valence electrons. The minimum atomic E-state index is 0.360. The molecule has 3 aliphatic rings. The number of hydrogen-bond acceptors (Lipinski definition) is 2. The zero-order valence-electron chi connectivity index (χ0n) is 9.87. The molecule has 0 spiro atoms. The minimum Gasteiger partial charge on any atom is -0.352 e. The van der Waals surface area contributed by atoms with Crippen LogP contribution in [0.25, 0.3) is 0 Å². The van der Waals surface area contributed by atoms with Crippen LogP contribution < -0.4 is 10.6 Å². The first-order valence-electron chi connectivity index (χ1n) is 6.85. The molecule has 0 aromatic carbocycles. The number of amides is 1. The standard InChI is InChI=1S/C13H22N2O/c16-13(15-11-2-1-7-14-8-11)12(9-3-4-9)10-5-6-10/h9-12,14H,1-8H2,(H,15,16)/t11-/m1/s1. The molecule has 1 heterocycles. The number of carbonyl (C=O) groups is 1. The molecule has 1 saturated heterocycles. The van der Waals surface area contributed by atoms with Gasteiger partial charge in [-0.25, -0.2) is 0 Å². The molecular weight excluding hydrogens is 200 g/mol. The first kappa shape index (κ1) is 10.6. The fourth-order valence-corrected chi connectivity index (χ4v) is 3.00. The second-order valence-corrected chi connectivity index (χ2v) is 5.75. The molecule has 3 nitrogen and oxygen atoms in total. The van der Waals surface area contributed by atoms with Crippen molar-refractivity contribution < 1.29 is 4.79 Å². The Kier molecular flexibility index (Phi) is 2.88. The summed E-state index contributed by atoms with van der Waals surface area (Å²) in [4.78, 5) is 12.2. The molecule has 2 saturated carbocycles. The van der Waals surface area contributed by atoms with E-state index in [1.807, 2.05) is 0 Å². The summed E-state index contributed by atoms with van der Waals surface area (Å²) in [6, 6.07) is 0.390. The number of hydrogen-bond donors (Lipinski definition) is 2. The van der Waals surface area contributed by atoms with Crippen molar-refractivity contribution in [2.45, 2.75) is 44.6 Å². The third kappa shape index (κ3) is 2.40. The molecule has 1 aliphatic heterocycles. The van der Waals surface area contributed by atoms with E-state index in [-0.39, 0.29) is 0 Å². The number of nitrogens with one attached hydrogen (secondary N) is 2. The first-order valence-corrected chi connectivity index (χ1v) is 6.85. The lowest BCUT2D eigenvalue weighted by atomic mass is 9.96. The van der Waals surface area contributed by atoms with Crippen molar-refractivity contribution in [2.75, 3.05) is 13.1 Å². The normalized spacial score (nSPS) is 30.4. The van der Waals surface area contributed by atoms with E-state index in [2.05, 4.69) is 10.6 Å². The van der Waals surface area contributed by atoms with Crippen LogP contribution in [0.1, 0.15) is 38.5 Å². The van der Waals surface area contributed by atoms with Crippen LogP contribution in [-0.4, -0.2) is 25.0 Å². The Labute approximate surface area is 97.4 Å². The Morgan fingerprint density at radius 1 is 1.12 bits per heavy atom. The van der Waals surface area contributed by atoms with Gasteiger partial charge in [-0.15, -0.1) is 0 Å². The van der Waals surface area contributed by atoms with Gasteiger partial charge in [0.2, 0.25) is 5.91 Å². The minimum absolute atomic E-state index is 0.360. The monoisotopic (exact) mass is 222 g/mol. The summed E-state index contributed by atoms with van der Waals surface area (Å²) in [6.07, 6.45) is 7.51. The highest BCUT2D eigenvalue weighted by molar-refractivity contribution is 5.80. The largest absolute Gasteiger partial charge is 0.352 e. The molecule has 3 rings (SSSR count). The Bertz CT molecular complexity index is 253. The zero-order valence-corrected chi connectivity index (χ0v) is 9.87. The van der Waals surface area contributed by atoms with E-state index in [1.54, 1.807) is 0 Å². The summed E-state index contributed by atoms with van der Waals surface area (Å²) in [6.45, 7) is 2.08. The van der Waals surface area contributed by atoms with Crippen molar-refractivity contribution in [3.05, 3.63) is 0 Å². The number of carbonyl (C=O) groups excluding carboxylic acids is 1. The van der Waals surface area contributed by atoms with Crippen LogP contribution in [0.3, 0.4) is 0 Å². The van der Waals surface area contributed by atoms with Crippen LogP contribution in [0, 0.1) is 17.8 Å². The van der Waals surface area contributed by atoms with E-state index in [9.17, 15) is 4.79 Å². The van der Waals surface area contributed by atoms with Crippen molar-refractivity contribution >= 4 is 5.91 Å². The molecule has 3 fully saturated rings. The van der Waals surface area contributed by atoms with Gasteiger partial charge in [-0.1, -0.05) is 0 Å². The Morgan fingerprint density at radius 3 is 2.31 bits per heavy atom. The Morgan fingerprint density at radius 2 is 1.81 bits per heavy atom. The first-order chi connectivity index (χ1) is 7.84. The molecule has 16 heavy (non-hydrogen) atoms. The van der Waals surface area contributed by atoms with Gasteiger partial charge in [0.15, 0.2) is 0 Å². The summed E-state index contributed by atoms with van der Waals surface area (Å²) in [7, 11) is 0. The van der Waals surface area contributed by atoms with Crippen LogP contribution in [0.4, 0.5) is 0 Å². The Hall–Kier alpha value is -0.570. The van der Waals surface area contributed by atoms with Gasteiger partial charge in [0.1, 0.15) is 0 Å². The van der Waals surface area contributed by atoms with Crippen molar-refractivity contribution in [1.29, 1.82) is 0 Å². The van der Waals surface area contributed by atoms with Crippen molar-refractivity contribution in [3.8, 4) is 0 Å². The maximum absolute atomic E-state index is 12.2. The molecule has 1 atom stereocenters. The zero-order chi connectivity index (χ0) is 11.0. The summed E-state index contributed by atoms with van der Waals surface area (Å²) >= 11 is 0. The maximum atomic E-state index is 12.2. The van der Waals surface area contributed by atoms with Crippen LogP contribution in [0.2, 0.25) is 0 Å². The molecule has 1 amide bonds. The van der Waals surface area contributed by atoms with Gasteiger partial charge in [0.25, 0.3) is 0 Å². The molecular formula is C13H22N2O. The van der Waals surface area contributed by atoms with E-state index in [0.29, 0.717) is 17.9 Å². The summed E-state index contributed by atoms with van der Waals surface area (Å²) in [5, 5.41) is 6.61. The van der Waals surface area contributed by atoms with Crippen molar-refractivity contribution in [2.24, 2.45) is 17.8 Å². The average Bonchev–Trinajstić information content (AvgIpc) is 3.13. The maximum Gasteiger partial charge on any atom is 0.223 e. The van der Waals surface area contributed by atoms with Crippen LogP contribution in [0.15, 0.2) is 0 Å². The number of rotatable bonds is 4. The van der Waals surface area contributed by atoms with Gasteiger partial charge in [-0.05, 0) is 56.9 Å². The Balaban J connectivity index is 1.53. The summed E-state index contributed by atoms with van der Waals surface area (Å²) in [5.41, 5.74) is 0. The van der Waals surface area contributed by atoms with Crippen molar-refractivity contribution in [1.82, 2.24) is 10.6 Å². The topological polar surface area (TPSA) is 41.1 Å². The van der Waals surface area contributed by atoms with E-state index in [1.165, 1.54) is 32.1 Å². The molecule has 0 radical (unpaired) electrons. The van der Waals surface area contributed by atoms with Gasteiger partial charge in [-0.3, -0.25) is 4.79 Å². The van der Waals surface area contributed by atoms with E-state index < -0.39 is 0 Å². The molecule has 0 aromatic rings. The van der Waals surface area contributed by atoms with Gasteiger partial charge >= 0.3 is 0 Å². The molecule has 2 N–H and O–H groups in total. The van der Waals surface area contributed by atoms with E-state index in [4.69, 9.17) is 0 Å².